The summed E-state index contributed by atoms with van der Waals surface area (Å²) in [6.45, 7) is 4.17. The van der Waals surface area contributed by atoms with Crippen LogP contribution in [0.2, 0.25) is 0 Å². The largest absolute Gasteiger partial charge is 0.350 e. The zero-order valence-electron chi connectivity index (χ0n) is 11.3. The molecule has 0 bridgehead atoms. The Labute approximate surface area is 113 Å². The van der Waals surface area contributed by atoms with Crippen LogP contribution >= 0.6 is 0 Å². The average Bonchev–Trinajstić information content (AvgIpc) is 3.08. The molecule has 6 heteroatoms. The molecule has 3 heterocycles. The standard InChI is InChI=1S/C13H21N5O/c1-10(18-9-14-8-15-18)13(19)16-11-5-7-17-6-3-2-4-12(11)17/h8-12H,2-7H2,1H3,(H,16,19)/t10-,11+,12-/m1/s1. The number of carbonyl (C=O) groups excluding carboxylic acids is 1. The number of amides is 1. The quantitative estimate of drug-likeness (QED) is 0.866. The molecule has 0 aromatic carbocycles. The van der Waals surface area contributed by atoms with Crippen LogP contribution in [-0.4, -0.2) is 50.7 Å². The van der Waals surface area contributed by atoms with Crippen molar-refractivity contribution >= 4 is 5.91 Å². The minimum Gasteiger partial charge on any atom is -0.350 e. The lowest BCUT2D eigenvalue weighted by Crippen LogP contribution is -2.48. The molecule has 19 heavy (non-hydrogen) atoms. The molecule has 0 aliphatic carbocycles. The molecular formula is C13H21N5O. The van der Waals surface area contributed by atoms with Gasteiger partial charge in [0.05, 0.1) is 0 Å². The number of rotatable bonds is 3. The van der Waals surface area contributed by atoms with E-state index < -0.39 is 0 Å². The highest BCUT2D eigenvalue weighted by Gasteiger charge is 2.36. The fourth-order valence-electron chi connectivity index (χ4n) is 3.26. The molecule has 2 fully saturated rings. The van der Waals surface area contributed by atoms with Gasteiger partial charge in [0.2, 0.25) is 5.91 Å². The zero-order chi connectivity index (χ0) is 13.2. The van der Waals surface area contributed by atoms with E-state index in [0.29, 0.717) is 12.1 Å². The Bertz CT molecular complexity index is 432. The molecule has 0 saturated carbocycles. The Hall–Kier alpha value is -1.43. The second kappa shape index (κ2) is 5.28. The summed E-state index contributed by atoms with van der Waals surface area (Å²) >= 11 is 0. The topological polar surface area (TPSA) is 63.1 Å². The van der Waals surface area contributed by atoms with E-state index in [-0.39, 0.29) is 11.9 Å². The van der Waals surface area contributed by atoms with Gasteiger partial charge in [0.15, 0.2) is 0 Å². The number of aromatic nitrogens is 3. The lowest BCUT2D eigenvalue weighted by atomic mass is 9.99. The second-order valence-corrected chi connectivity index (χ2v) is 5.55. The number of carbonyl (C=O) groups is 1. The summed E-state index contributed by atoms with van der Waals surface area (Å²) in [5.74, 6) is 0.0444. The van der Waals surface area contributed by atoms with Gasteiger partial charge >= 0.3 is 0 Å². The van der Waals surface area contributed by atoms with Gasteiger partial charge < -0.3 is 5.32 Å². The highest BCUT2D eigenvalue weighted by atomic mass is 16.2. The molecule has 2 saturated heterocycles. The summed E-state index contributed by atoms with van der Waals surface area (Å²) in [5.41, 5.74) is 0. The lowest BCUT2D eigenvalue weighted by molar-refractivity contribution is -0.125. The molecule has 0 unspecified atom stereocenters. The molecule has 3 rings (SSSR count). The van der Waals surface area contributed by atoms with Gasteiger partial charge in [-0.2, -0.15) is 5.10 Å². The predicted octanol–water partition coefficient (Wildman–Crippen LogP) is 0.582. The van der Waals surface area contributed by atoms with E-state index in [1.165, 1.54) is 32.1 Å². The fraction of sp³-hybridized carbons (Fsp3) is 0.769. The highest BCUT2D eigenvalue weighted by molar-refractivity contribution is 5.80. The fourth-order valence-corrected chi connectivity index (χ4v) is 3.26. The van der Waals surface area contributed by atoms with Gasteiger partial charge in [-0.3, -0.25) is 9.69 Å². The number of hydrogen-bond acceptors (Lipinski definition) is 4. The van der Waals surface area contributed by atoms with Crippen LogP contribution in [0.5, 0.6) is 0 Å². The van der Waals surface area contributed by atoms with Crippen LogP contribution in [0.15, 0.2) is 12.7 Å². The van der Waals surface area contributed by atoms with Crippen molar-refractivity contribution in [1.82, 2.24) is 25.0 Å². The van der Waals surface area contributed by atoms with Crippen molar-refractivity contribution < 1.29 is 4.79 Å². The first-order valence-corrected chi connectivity index (χ1v) is 7.14. The molecular weight excluding hydrogens is 242 g/mol. The van der Waals surface area contributed by atoms with Crippen LogP contribution in [0.3, 0.4) is 0 Å². The van der Waals surface area contributed by atoms with E-state index in [9.17, 15) is 4.79 Å². The summed E-state index contributed by atoms with van der Waals surface area (Å²) in [7, 11) is 0. The Morgan fingerprint density at radius 2 is 2.26 bits per heavy atom. The molecule has 1 aromatic rings. The Morgan fingerprint density at radius 1 is 1.37 bits per heavy atom. The molecule has 0 radical (unpaired) electrons. The average molecular weight is 263 g/mol. The molecule has 1 amide bonds. The van der Waals surface area contributed by atoms with Crippen molar-refractivity contribution in [3.63, 3.8) is 0 Å². The van der Waals surface area contributed by atoms with Crippen molar-refractivity contribution in [2.45, 2.75) is 50.7 Å². The molecule has 0 spiro atoms. The smallest absolute Gasteiger partial charge is 0.244 e. The zero-order valence-corrected chi connectivity index (χ0v) is 11.3. The lowest BCUT2D eigenvalue weighted by Gasteiger charge is -2.32. The van der Waals surface area contributed by atoms with Crippen molar-refractivity contribution in [3.8, 4) is 0 Å². The van der Waals surface area contributed by atoms with E-state index in [1.807, 2.05) is 6.92 Å². The first-order chi connectivity index (χ1) is 9.25. The van der Waals surface area contributed by atoms with Gasteiger partial charge in [0.25, 0.3) is 0 Å². The summed E-state index contributed by atoms with van der Waals surface area (Å²) in [5, 5.41) is 7.22. The van der Waals surface area contributed by atoms with E-state index in [1.54, 1.807) is 11.0 Å². The maximum Gasteiger partial charge on any atom is 0.244 e. The van der Waals surface area contributed by atoms with Gasteiger partial charge in [0, 0.05) is 18.6 Å². The van der Waals surface area contributed by atoms with E-state index in [0.717, 1.165) is 13.0 Å². The normalized spacial score (nSPS) is 28.9. The second-order valence-electron chi connectivity index (χ2n) is 5.55. The number of hydrogen-bond donors (Lipinski definition) is 1. The monoisotopic (exact) mass is 263 g/mol. The molecule has 3 atom stereocenters. The molecule has 2 aliphatic rings. The minimum atomic E-state index is -0.292. The van der Waals surface area contributed by atoms with E-state index in [2.05, 4.69) is 20.3 Å². The Balaban J connectivity index is 1.60. The summed E-state index contributed by atoms with van der Waals surface area (Å²) in [4.78, 5) is 18.7. The van der Waals surface area contributed by atoms with Gasteiger partial charge in [0.1, 0.15) is 18.7 Å². The van der Waals surface area contributed by atoms with Crippen LogP contribution in [-0.2, 0) is 4.79 Å². The first-order valence-electron chi connectivity index (χ1n) is 7.14. The first kappa shape index (κ1) is 12.6. The predicted molar refractivity (Wildman–Crippen MR) is 70.5 cm³/mol. The maximum atomic E-state index is 12.3. The van der Waals surface area contributed by atoms with Gasteiger partial charge in [-0.15, -0.1) is 0 Å². The van der Waals surface area contributed by atoms with Crippen LogP contribution in [0.4, 0.5) is 0 Å². The van der Waals surface area contributed by atoms with Crippen LogP contribution in [0.25, 0.3) is 0 Å². The molecule has 104 valence electrons. The van der Waals surface area contributed by atoms with Crippen molar-refractivity contribution in [3.05, 3.63) is 12.7 Å². The highest BCUT2D eigenvalue weighted by Crippen LogP contribution is 2.27. The molecule has 1 aromatic heterocycles. The molecule has 1 N–H and O–H groups in total. The minimum absolute atomic E-state index is 0.0444. The molecule has 6 nitrogen and oxygen atoms in total. The van der Waals surface area contributed by atoms with Crippen molar-refractivity contribution in [2.75, 3.05) is 13.1 Å². The molecule has 2 aliphatic heterocycles. The van der Waals surface area contributed by atoms with Crippen LogP contribution in [0, 0.1) is 0 Å². The third kappa shape index (κ3) is 2.49. The Kier molecular flexibility index (Phi) is 3.50. The third-order valence-corrected chi connectivity index (χ3v) is 4.40. The Morgan fingerprint density at radius 3 is 3.05 bits per heavy atom. The maximum absolute atomic E-state index is 12.3. The summed E-state index contributed by atoms with van der Waals surface area (Å²) < 4.78 is 1.60. The van der Waals surface area contributed by atoms with Crippen molar-refractivity contribution in [2.24, 2.45) is 0 Å². The number of nitrogens with one attached hydrogen (secondary N) is 1. The van der Waals surface area contributed by atoms with Gasteiger partial charge in [-0.1, -0.05) is 6.42 Å². The van der Waals surface area contributed by atoms with Crippen molar-refractivity contribution in [1.29, 1.82) is 0 Å². The summed E-state index contributed by atoms with van der Waals surface area (Å²) in [6, 6.07) is 0.555. The SMILES string of the molecule is C[C@H](C(=O)N[C@H]1CCN2CCCC[C@H]12)n1cncn1. The summed E-state index contributed by atoms with van der Waals surface area (Å²) in [6.07, 6.45) is 7.91. The van der Waals surface area contributed by atoms with E-state index in [4.69, 9.17) is 0 Å². The van der Waals surface area contributed by atoms with E-state index >= 15 is 0 Å². The van der Waals surface area contributed by atoms with Crippen LogP contribution in [0.1, 0.15) is 38.6 Å². The van der Waals surface area contributed by atoms with Gasteiger partial charge in [-0.05, 0) is 32.7 Å². The number of piperidine rings is 1. The van der Waals surface area contributed by atoms with Crippen LogP contribution < -0.4 is 5.32 Å². The number of nitrogens with zero attached hydrogens (tertiary/aromatic N) is 4. The number of fused-ring (bicyclic) bond motifs is 1. The van der Waals surface area contributed by atoms with Gasteiger partial charge in [-0.25, -0.2) is 9.67 Å². The third-order valence-electron chi connectivity index (χ3n) is 4.40.